The monoisotopic (exact) mass is 287 g/mol. The number of ether oxygens (including phenoxy) is 1. The number of nitrogens with zero attached hydrogens (tertiary/aromatic N) is 5. The molecule has 0 N–H and O–H groups in total. The molecule has 2 aromatic rings. The maximum atomic E-state index is 12.1. The van der Waals surface area contributed by atoms with Gasteiger partial charge in [0.2, 0.25) is 0 Å². The average molecular weight is 287 g/mol. The number of aromatic nitrogens is 3. The van der Waals surface area contributed by atoms with E-state index >= 15 is 0 Å². The zero-order valence-electron chi connectivity index (χ0n) is 11.8. The molecule has 7 heteroatoms. The molecular weight excluding hydrogens is 270 g/mol. The summed E-state index contributed by atoms with van der Waals surface area (Å²) < 4.78 is 5.16. The highest BCUT2D eigenvalue weighted by atomic mass is 16.5. The summed E-state index contributed by atoms with van der Waals surface area (Å²) in [6.45, 7) is 2.90. The third-order valence-corrected chi connectivity index (χ3v) is 3.58. The molecular formula is C14H17N5O2. The SMILES string of the molecule is COc1ccc(N2CCN(C(=O)n3nccn3)CC2)cc1. The smallest absolute Gasteiger partial charge is 0.362 e. The fourth-order valence-corrected chi connectivity index (χ4v) is 2.39. The minimum Gasteiger partial charge on any atom is -0.497 e. The third kappa shape index (κ3) is 2.81. The molecule has 110 valence electrons. The predicted molar refractivity (Wildman–Crippen MR) is 77.6 cm³/mol. The van der Waals surface area contributed by atoms with Crippen molar-refractivity contribution in [3.8, 4) is 5.75 Å². The molecule has 0 spiro atoms. The van der Waals surface area contributed by atoms with Gasteiger partial charge >= 0.3 is 6.03 Å². The van der Waals surface area contributed by atoms with Gasteiger partial charge in [0, 0.05) is 31.9 Å². The summed E-state index contributed by atoms with van der Waals surface area (Å²) in [7, 11) is 1.66. The maximum absolute atomic E-state index is 12.1. The van der Waals surface area contributed by atoms with Crippen molar-refractivity contribution < 1.29 is 9.53 Å². The Balaban J connectivity index is 1.60. The normalized spacial score (nSPS) is 15.1. The summed E-state index contributed by atoms with van der Waals surface area (Å²) in [5.74, 6) is 0.845. The lowest BCUT2D eigenvalue weighted by atomic mass is 10.2. The number of anilines is 1. The van der Waals surface area contributed by atoms with Crippen LogP contribution in [0.4, 0.5) is 10.5 Å². The number of carbonyl (C=O) groups excluding carboxylic acids is 1. The number of rotatable bonds is 2. The Morgan fingerprint density at radius 1 is 1.05 bits per heavy atom. The lowest BCUT2D eigenvalue weighted by Gasteiger charge is -2.35. The summed E-state index contributed by atoms with van der Waals surface area (Å²) in [5.41, 5.74) is 1.14. The van der Waals surface area contributed by atoms with Crippen molar-refractivity contribution in [1.82, 2.24) is 19.9 Å². The van der Waals surface area contributed by atoms with Crippen LogP contribution in [0.25, 0.3) is 0 Å². The Hall–Kier alpha value is -2.57. The van der Waals surface area contributed by atoms with Gasteiger partial charge in [-0.2, -0.15) is 10.2 Å². The third-order valence-electron chi connectivity index (χ3n) is 3.58. The average Bonchev–Trinajstić information content (AvgIpc) is 3.09. The van der Waals surface area contributed by atoms with Crippen LogP contribution in [0.15, 0.2) is 36.7 Å². The van der Waals surface area contributed by atoms with Crippen LogP contribution in [0.2, 0.25) is 0 Å². The van der Waals surface area contributed by atoms with Gasteiger partial charge in [0.1, 0.15) is 5.75 Å². The number of hydrogen-bond donors (Lipinski definition) is 0. The van der Waals surface area contributed by atoms with E-state index in [1.165, 1.54) is 12.4 Å². The molecule has 0 atom stereocenters. The van der Waals surface area contributed by atoms with E-state index in [0.29, 0.717) is 13.1 Å². The van der Waals surface area contributed by atoms with E-state index in [1.54, 1.807) is 12.0 Å². The van der Waals surface area contributed by atoms with Gasteiger partial charge in [0.05, 0.1) is 19.5 Å². The van der Waals surface area contributed by atoms with Crippen molar-refractivity contribution >= 4 is 11.7 Å². The lowest BCUT2D eigenvalue weighted by molar-refractivity contribution is 0.189. The van der Waals surface area contributed by atoms with E-state index in [1.807, 2.05) is 24.3 Å². The molecule has 0 radical (unpaired) electrons. The highest BCUT2D eigenvalue weighted by Crippen LogP contribution is 2.20. The van der Waals surface area contributed by atoms with E-state index in [9.17, 15) is 4.79 Å². The summed E-state index contributed by atoms with van der Waals surface area (Å²) in [4.78, 5) is 17.3. The second-order valence-corrected chi connectivity index (χ2v) is 4.77. The summed E-state index contributed by atoms with van der Waals surface area (Å²) in [5, 5.41) is 7.75. The van der Waals surface area contributed by atoms with Crippen LogP contribution in [0.3, 0.4) is 0 Å². The van der Waals surface area contributed by atoms with Crippen molar-refractivity contribution in [3.63, 3.8) is 0 Å². The first-order chi connectivity index (χ1) is 10.3. The molecule has 1 aliphatic heterocycles. The minimum absolute atomic E-state index is 0.172. The van der Waals surface area contributed by atoms with Crippen molar-refractivity contribution in [2.45, 2.75) is 0 Å². The fraction of sp³-hybridized carbons (Fsp3) is 0.357. The van der Waals surface area contributed by atoms with Crippen LogP contribution in [0, 0.1) is 0 Å². The van der Waals surface area contributed by atoms with Gasteiger partial charge in [-0.1, -0.05) is 4.80 Å². The molecule has 21 heavy (non-hydrogen) atoms. The van der Waals surface area contributed by atoms with Gasteiger partial charge in [0.15, 0.2) is 0 Å². The lowest BCUT2D eigenvalue weighted by Crippen LogP contribution is -2.50. The molecule has 0 aliphatic carbocycles. The molecule has 0 unspecified atom stereocenters. The first kappa shape index (κ1) is 13.4. The molecule has 1 aromatic carbocycles. The highest BCUT2D eigenvalue weighted by Gasteiger charge is 2.23. The topological polar surface area (TPSA) is 63.5 Å². The van der Waals surface area contributed by atoms with Crippen molar-refractivity contribution in [3.05, 3.63) is 36.7 Å². The van der Waals surface area contributed by atoms with E-state index in [4.69, 9.17) is 4.74 Å². The standard InChI is InChI=1S/C14H17N5O2/c1-21-13-4-2-12(3-5-13)17-8-10-18(11-9-17)14(20)19-15-6-7-16-19/h2-7H,8-11H2,1H3. The second-order valence-electron chi connectivity index (χ2n) is 4.77. The van der Waals surface area contributed by atoms with Gasteiger partial charge in [-0.05, 0) is 24.3 Å². The van der Waals surface area contributed by atoms with E-state index in [2.05, 4.69) is 15.1 Å². The van der Waals surface area contributed by atoms with Gasteiger partial charge in [-0.25, -0.2) is 4.79 Å². The summed E-state index contributed by atoms with van der Waals surface area (Å²) in [6.07, 6.45) is 3.01. The fourth-order valence-electron chi connectivity index (χ4n) is 2.39. The maximum Gasteiger partial charge on any atom is 0.362 e. The zero-order valence-corrected chi connectivity index (χ0v) is 11.8. The Labute approximate surface area is 122 Å². The molecule has 2 heterocycles. The zero-order chi connectivity index (χ0) is 14.7. The van der Waals surface area contributed by atoms with Crippen molar-refractivity contribution in [2.75, 3.05) is 38.2 Å². The molecule has 1 saturated heterocycles. The van der Waals surface area contributed by atoms with Gasteiger partial charge in [-0.15, -0.1) is 0 Å². The van der Waals surface area contributed by atoms with Crippen LogP contribution in [0.1, 0.15) is 0 Å². The van der Waals surface area contributed by atoms with E-state index in [0.717, 1.165) is 29.3 Å². The number of piperazine rings is 1. The minimum atomic E-state index is -0.172. The molecule has 1 fully saturated rings. The van der Waals surface area contributed by atoms with Crippen LogP contribution >= 0.6 is 0 Å². The van der Waals surface area contributed by atoms with Crippen LogP contribution in [0.5, 0.6) is 5.75 Å². The highest BCUT2D eigenvalue weighted by molar-refractivity contribution is 5.75. The number of benzene rings is 1. The molecule has 0 bridgehead atoms. The molecule has 1 amide bonds. The molecule has 3 rings (SSSR count). The van der Waals surface area contributed by atoms with E-state index in [-0.39, 0.29) is 6.03 Å². The van der Waals surface area contributed by atoms with Crippen molar-refractivity contribution in [2.24, 2.45) is 0 Å². The Morgan fingerprint density at radius 2 is 1.67 bits per heavy atom. The Kier molecular flexibility index (Phi) is 3.72. The first-order valence-corrected chi connectivity index (χ1v) is 6.82. The van der Waals surface area contributed by atoms with Crippen molar-refractivity contribution in [1.29, 1.82) is 0 Å². The van der Waals surface area contributed by atoms with Crippen LogP contribution < -0.4 is 9.64 Å². The quantitative estimate of drug-likeness (QED) is 0.827. The van der Waals surface area contributed by atoms with Crippen LogP contribution in [-0.4, -0.2) is 59.2 Å². The summed E-state index contributed by atoms with van der Waals surface area (Å²) >= 11 is 0. The number of hydrogen-bond acceptors (Lipinski definition) is 5. The first-order valence-electron chi connectivity index (χ1n) is 6.82. The molecule has 1 aliphatic rings. The predicted octanol–water partition coefficient (Wildman–Crippen LogP) is 1.08. The Morgan fingerprint density at radius 3 is 2.24 bits per heavy atom. The van der Waals surface area contributed by atoms with Gasteiger partial charge < -0.3 is 14.5 Å². The van der Waals surface area contributed by atoms with E-state index < -0.39 is 0 Å². The number of methoxy groups -OCH3 is 1. The number of carbonyl (C=O) groups is 1. The molecule has 0 saturated carbocycles. The van der Waals surface area contributed by atoms with Gasteiger partial charge in [-0.3, -0.25) is 0 Å². The summed E-state index contributed by atoms with van der Waals surface area (Å²) in [6, 6.07) is 7.78. The largest absolute Gasteiger partial charge is 0.497 e. The second kappa shape index (κ2) is 5.82. The number of amides is 1. The molecule has 7 nitrogen and oxygen atoms in total. The van der Waals surface area contributed by atoms with Gasteiger partial charge in [0.25, 0.3) is 0 Å². The Bertz CT molecular complexity index is 588. The van der Waals surface area contributed by atoms with Crippen LogP contribution in [-0.2, 0) is 0 Å². The molecule has 1 aromatic heterocycles.